The summed E-state index contributed by atoms with van der Waals surface area (Å²) in [4.78, 5) is 12.0. The van der Waals surface area contributed by atoms with Gasteiger partial charge >= 0.3 is 0 Å². The molecule has 4 heteroatoms. The molecule has 0 aromatic heterocycles. The second-order valence-corrected chi connectivity index (χ2v) is 4.97. The number of nitrogens with two attached hydrogens (primary N) is 1. The van der Waals surface area contributed by atoms with Crippen LogP contribution in [0.5, 0.6) is 0 Å². The topological polar surface area (TPSA) is 75.4 Å². The number of aliphatic hydroxyl groups excluding tert-OH is 1. The molecule has 0 bridgehead atoms. The van der Waals surface area contributed by atoms with E-state index < -0.39 is 0 Å². The van der Waals surface area contributed by atoms with Crippen LogP contribution < -0.4 is 11.1 Å². The molecule has 1 aromatic carbocycles. The average molecular weight is 260 g/mol. The maximum absolute atomic E-state index is 12.0. The van der Waals surface area contributed by atoms with Crippen molar-refractivity contribution in [3.63, 3.8) is 0 Å². The molecule has 1 aliphatic rings. The van der Waals surface area contributed by atoms with E-state index in [1.807, 2.05) is 42.5 Å². The van der Waals surface area contributed by atoms with Gasteiger partial charge in [0.25, 0.3) is 0 Å². The third kappa shape index (κ3) is 3.91. The van der Waals surface area contributed by atoms with E-state index in [1.54, 1.807) is 0 Å². The molecule has 0 heterocycles. The summed E-state index contributed by atoms with van der Waals surface area (Å²) in [6.07, 6.45) is 4.98. The first-order valence-electron chi connectivity index (χ1n) is 6.58. The highest BCUT2D eigenvalue weighted by molar-refractivity contribution is 5.81. The minimum atomic E-state index is -0.250. The molecule has 4 N–H and O–H groups in total. The highest BCUT2D eigenvalue weighted by atomic mass is 16.3. The molecular formula is C15H20N2O2. The standard InChI is InChI=1S/C15H20N2O2/c16-13-7-6-12(9-13)15(19)17-14(10-18)8-11-4-2-1-3-5-11/h1-7,12-14,18H,8-10,16H2,(H,17,19)/t12?,13?,14-/m0/s1. The summed E-state index contributed by atoms with van der Waals surface area (Å²) >= 11 is 0. The Morgan fingerprint density at radius 3 is 2.68 bits per heavy atom. The second-order valence-electron chi connectivity index (χ2n) is 4.97. The maximum Gasteiger partial charge on any atom is 0.227 e. The van der Waals surface area contributed by atoms with E-state index in [0.29, 0.717) is 12.8 Å². The van der Waals surface area contributed by atoms with E-state index in [4.69, 9.17) is 5.73 Å². The Labute approximate surface area is 113 Å². The van der Waals surface area contributed by atoms with Crippen molar-refractivity contribution in [2.24, 2.45) is 11.7 Å². The third-order valence-electron chi connectivity index (χ3n) is 3.35. The van der Waals surface area contributed by atoms with E-state index in [2.05, 4.69) is 5.32 Å². The summed E-state index contributed by atoms with van der Waals surface area (Å²) in [5.74, 6) is -0.223. The zero-order valence-corrected chi connectivity index (χ0v) is 10.8. The Hall–Kier alpha value is -1.65. The van der Waals surface area contributed by atoms with Gasteiger partial charge in [-0.3, -0.25) is 4.79 Å². The van der Waals surface area contributed by atoms with Crippen molar-refractivity contribution in [1.82, 2.24) is 5.32 Å². The molecule has 102 valence electrons. The maximum atomic E-state index is 12.0. The molecule has 1 amide bonds. The summed E-state index contributed by atoms with van der Waals surface area (Å²) in [7, 11) is 0. The lowest BCUT2D eigenvalue weighted by Crippen LogP contribution is -2.42. The third-order valence-corrected chi connectivity index (χ3v) is 3.35. The molecule has 0 fully saturated rings. The van der Waals surface area contributed by atoms with Gasteiger partial charge in [-0.15, -0.1) is 0 Å². The van der Waals surface area contributed by atoms with Gasteiger partial charge in [0.1, 0.15) is 0 Å². The molecule has 1 aliphatic carbocycles. The van der Waals surface area contributed by atoms with Gasteiger partial charge in [-0.2, -0.15) is 0 Å². The van der Waals surface area contributed by atoms with Crippen molar-refractivity contribution >= 4 is 5.91 Å². The van der Waals surface area contributed by atoms with Crippen LogP contribution in [0.15, 0.2) is 42.5 Å². The van der Waals surface area contributed by atoms with Gasteiger partial charge in [-0.25, -0.2) is 0 Å². The molecule has 1 aromatic rings. The van der Waals surface area contributed by atoms with E-state index in [1.165, 1.54) is 0 Å². The second kappa shape index (κ2) is 6.50. The largest absolute Gasteiger partial charge is 0.394 e. The smallest absolute Gasteiger partial charge is 0.227 e. The lowest BCUT2D eigenvalue weighted by Gasteiger charge is -2.18. The van der Waals surface area contributed by atoms with Crippen LogP contribution in [-0.4, -0.2) is 29.7 Å². The van der Waals surface area contributed by atoms with Crippen LogP contribution >= 0.6 is 0 Å². The number of benzene rings is 1. The highest BCUT2D eigenvalue weighted by Crippen LogP contribution is 2.16. The molecule has 0 saturated heterocycles. The lowest BCUT2D eigenvalue weighted by molar-refractivity contribution is -0.124. The van der Waals surface area contributed by atoms with Crippen LogP contribution in [0.25, 0.3) is 0 Å². The normalized spacial score (nSPS) is 23.3. The Morgan fingerprint density at radius 1 is 1.37 bits per heavy atom. The summed E-state index contributed by atoms with van der Waals surface area (Å²) < 4.78 is 0. The fourth-order valence-corrected chi connectivity index (χ4v) is 2.29. The van der Waals surface area contributed by atoms with Crippen molar-refractivity contribution in [2.75, 3.05) is 6.61 Å². The zero-order valence-electron chi connectivity index (χ0n) is 10.8. The van der Waals surface area contributed by atoms with E-state index >= 15 is 0 Å². The molecule has 0 spiro atoms. The van der Waals surface area contributed by atoms with Gasteiger partial charge in [0, 0.05) is 6.04 Å². The van der Waals surface area contributed by atoms with E-state index in [-0.39, 0.29) is 30.5 Å². The predicted octanol–water partition coefficient (Wildman–Crippen LogP) is 0.610. The van der Waals surface area contributed by atoms with Crippen molar-refractivity contribution in [1.29, 1.82) is 0 Å². The van der Waals surface area contributed by atoms with Crippen LogP contribution in [0.3, 0.4) is 0 Å². The molecule has 3 atom stereocenters. The van der Waals surface area contributed by atoms with Gasteiger partial charge < -0.3 is 16.2 Å². The number of carbonyl (C=O) groups is 1. The van der Waals surface area contributed by atoms with Gasteiger partial charge in [-0.1, -0.05) is 42.5 Å². The van der Waals surface area contributed by atoms with E-state index in [9.17, 15) is 9.90 Å². The monoisotopic (exact) mass is 260 g/mol. The lowest BCUT2D eigenvalue weighted by atomic mass is 10.0. The minimum absolute atomic E-state index is 0.0301. The van der Waals surface area contributed by atoms with Crippen LogP contribution in [0, 0.1) is 5.92 Å². The molecule has 2 unspecified atom stereocenters. The van der Waals surface area contributed by atoms with Crippen molar-refractivity contribution in [3.8, 4) is 0 Å². The molecule has 0 aliphatic heterocycles. The first-order chi connectivity index (χ1) is 9.19. The van der Waals surface area contributed by atoms with Crippen LogP contribution in [0.2, 0.25) is 0 Å². The van der Waals surface area contributed by atoms with Gasteiger partial charge in [0.2, 0.25) is 5.91 Å². The first kappa shape index (κ1) is 13.8. The Kier molecular flexibility index (Phi) is 4.71. The number of carbonyl (C=O) groups excluding carboxylic acids is 1. The average Bonchev–Trinajstić information content (AvgIpc) is 2.86. The Balaban J connectivity index is 1.89. The number of nitrogens with one attached hydrogen (secondary N) is 1. The molecule has 0 radical (unpaired) electrons. The van der Waals surface area contributed by atoms with E-state index in [0.717, 1.165) is 5.56 Å². The molecule has 0 saturated carbocycles. The summed E-state index contributed by atoms with van der Waals surface area (Å²) in [6.45, 7) is -0.0663. The molecular weight excluding hydrogens is 240 g/mol. The van der Waals surface area contributed by atoms with Crippen molar-refractivity contribution in [3.05, 3.63) is 48.0 Å². The van der Waals surface area contributed by atoms with Gasteiger partial charge in [-0.05, 0) is 18.4 Å². The SMILES string of the molecule is NC1C=CC(C(=O)N[C@H](CO)Cc2ccccc2)C1. The quantitative estimate of drug-likeness (QED) is 0.679. The molecule has 19 heavy (non-hydrogen) atoms. The minimum Gasteiger partial charge on any atom is -0.394 e. The van der Waals surface area contributed by atoms with Gasteiger partial charge in [0.15, 0.2) is 0 Å². The van der Waals surface area contributed by atoms with Crippen LogP contribution in [0.4, 0.5) is 0 Å². The fourth-order valence-electron chi connectivity index (χ4n) is 2.29. The number of aliphatic hydroxyl groups is 1. The predicted molar refractivity (Wildman–Crippen MR) is 74.4 cm³/mol. The summed E-state index contributed by atoms with van der Waals surface area (Å²) in [5, 5.41) is 12.3. The summed E-state index contributed by atoms with van der Waals surface area (Å²) in [6, 6.07) is 9.54. The van der Waals surface area contributed by atoms with Gasteiger partial charge in [0.05, 0.1) is 18.6 Å². The van der Waals surface area contributed by atoms with Crippen molar-refractivity contribution < 1.29 is 9.90 Å². The number of hydrogen-bond acceptors (Lipinski definition) is 3. The molecule has 2 rings (SSSR count). The fraction of sp³-hybridized carbons (Fsp3) is 0.400. The van der Waals surface area contributed by atoms with Crippen molar-refractivity contribution in [2.45, 2.75) is 24.9 Å². The first-order valence-corrected chi connectivity index (χ1v) is 6.58. The molecule has 4 nitrogen and oxygen atoms in total. The Morgan fingerprint density at radius 2 is 2.11 bits per heavy atom. The number of hydrogen-bond donors (Lipinski definition) is 3. The van der Waals surface area contributed by atoms with Crippen LogP contribution in [0.1, 0.15) is 12.0 Å². The summed E-state index contributed by atoms with van der Waals surface area (Å²) in [5.41, 5.74) is 6.83. The highest BCUT2D eigenvalue weighted by Gasteiger charge is 2.24. The van der Waals surface area contributed by atoms with Crippen LogP contribution in [-0.2, 0) is 11.2 Å². The Bertz CT molecular complexity index is 445. The number of amides is 1. The zero-order chi connectivity index (χ0) is 13.7. The number of rotatable bonds is 5.